The van der Waals surface area contributed by atoms with Crippen molar-refractivity contribution in [2.45, 2.75) is 77.6 Å². The van der Waals surface area contributed by atoms with E-state index in [4.69, 9.17) is 4.18 Å². The van der Waals surface area contributed by atoms with Crippen LogP contribution in [0.5, 0.6) is 5.75 Å². The number of fused-ring (bicyclic) bond motifs is 1. The van der Waals surface area contributed by atoms with E-state index in [2.05, 4.69) is 6.92 Å². The number of hydrogen-bond acceptors (Lipinski definition) is 4. The third kappa shape index (κ3) is 9.27. The van der Waals surface area contributed by atoms with Crippen LogP contribution in [0.25, 0.3) is 10.8 Å². The maximum Gasteiger partial charge on any atom is 1.00 e. The minimum absolute atomic E-state index is 0. The maximum absolute atomic E-state index is 11.2. The van der Waals surface area contributed by atoms with Crippen LogP contribution < -0.4 is 33.7 Å². The van der Waals surface area contributed by atoms with E-state index in [1.165, 1.54) is 51.4 Å². The fourth-order valence-corrected chi connectivity index (χ4v) is 3.89. The number of hydrogen-bond donors (Lipinski definition) is 0. The molecule has 0 spiro atoms. The summed E-state index contributed by atoms with van der Waals surface area (Å²) in [4.78, 5) is 0. The smallest absolute Gasteiger partial charge is 0.716 e. The first-order valence-corrected chi connectivity index (χ1v) is 11.5. The van der Waals surface area contributed by atoms with Crippen molar-refractivity contribution in [2.24, 2.45) is 0 Å². The average Bonchev–Trinajstić information content (AvgIpc) is 2.63. The standard InChI is InChI=1S/C22H32O4S.Na/c1-2-3-4-5-6-7-8-9-10-11-15-20-18-17-19-14-12-13-16-21(19)22(20)26-27(23,24)25;/h12-14,16-18H,2-11,15H2,1H3,(H,23,24,25);/q;+1/p-1. The van der Waals surface area contributed by atoms with Crippen LogP contribution in [-0.2, 0) is 16.8 Å². The Bertz CT molecular complexity index is 805. The summed E-state index contributed by atoms with van der Waals surface area (Å²) in [5.74, 6) is 0.194. The Labute approximate surface area is 192 Å². The predicted molar refractivity (Wildman–Crippen MR) is 110 cm³/mol. The van der Waals surface area contributed by atoms with Gasteiger partial charge >= 0.3 is 29.6 Å². The Kier molecular flexibility index (Phi) is 12.4. The summed E-state index contributed by atoms with van der Waals surface area (Å²) < 4.78 is 38.3. The Morgan fingerprint density at radius 3 is 2.00 bits per heavy atom. The molecule has 0 fully saturated rings. The number of rotatable bonds is 13. The molecule has 6 heteroatoms. The van der Waals surface area contributed by atoms with E-state index < -0.39 is 10.4 Å². The monoisotopic (exact) mass is 414 g/mol. The summed E-state index contributed by atoms with van der Waals surface area (Å²) in [5.41, 5.74) is 0.785. The van der Waals surface area contributed by atoms with Gasteiger partial charge < -0.3 is 8.74 Å². The molecular formula is C22H31NaO4S. The molecule has 2 aromatic carbocycles. The van der Waals surface area contributed by atoms with E-state index in [1.807, 2.05) is 30.3 Å². The van der Waals surface area contributed by atoms with Gasteiger partial charge in [0.05, 0.1) is 0 Å². The molecule has 0 bridgehead atoms. The molecule has 4 nitrogen and oxygen atoms in total. The quantitative estimate of drug-likeness (QED) is 0.219. The Morgan fingerprint density at radius 1 is 0.821 bits per heavy atom. The topological polar surface area (TPSA) is 66.4 Å². The SMILES string of the molecule is CCCCCCCCCCCCc1ccc2ccccc2c1OS(=O)(=O)[O-].[Na+]. The van der Waals surface area contributed by atoms with E-state index in [0.29, 0.717) is 11.8 Å². The number of aryl methyl sites for hydroxylation is 1. The molecule has 0 amide bonds. The van der Waals surface area contributed by atoms with E-state index in [-0.39, 0.29) is 35.3 Å². The molecule has 0 aliphatic rings. The fourth-order valence-electron chi connectivity index (χ4n) is 3.49. The summed E-state index contributed by atoms with van der Waals surface area (Å²) >= 11 is 0. The van der Waals surface area contributed by atoms with Crippen molar-refractivity contribution in [3.63, 3.8) is 0 Å². The Morgan fingerprint density at radius 2 is 1.39 bits per heavy atom. The van der Waals surface area contributed by atoms with Crippen molar-refractivity contribution in [2.75, 3.05) is 0 Å². The molecule has 0 aliphatic carbocycles. The molecule has 0 aliphatic heterocycles. The second-order valence-electron chi connectivity index (χ2n) is 7.20. The third-order valence-corrected chi connectivity index (χ3v) is 5.32. The van der Waals surface area contributed by atoms with E-state index in [9.17, 15) is 13.0 Å². The van der Waals surface area contributed by atoms with Crippen LogP contribution in [0, 0.1) is 0 Å². The van der Waals surface area contributed by atoms with Crippen molar-refractivity contribution in [1.29, 1.82) is 0 Å². The van der Waals surface area contributed by atoms with Gasteiger partial charge in [-0.3, -0.25) is 0 Å². The summed E-state index contributed by atoms with van der Waals surface area (Å²) in [5, 5.41) is 1.53. The van der Waals surface area contributed by atoms with Crippen LogP contribution in [0.2, 0.25) is 0 Å². The molecule has 0 atom stereocenters. The van der Waals surface area contributed by atoms with Crippen LogP contribution in [-0.4, -0.2) is 13.0 Å². The molecule has 0 N–H and O–H groups in total. The minimum Gasteiger partial charge on any atom is -0.716 e. The molecule has 0 aromatic heterocycles. The van der Waals surface area contributed by atoms with Crippen molar-refractivity contribution in [3.8, 4) is 5.75 Å². The summed E-state index contributed by atoms with van der Waals surface area (Å²) in [6, 6.07) is 11.2. The van der Waals surface area contributed by atoms with Crippen LogP contribution in [0.1, 0.15) is 76.7 Å². The van der Waals surface area contributed by atoms with Gasteiger partial charge in [0.15, 0.2) is 5.75 Å². The second-order valence-corrected chi connectivity index (χ2v) is 8.18. The van der Waals surface area contributed by atoms with E-state index in [1.54, 1.807) is 6.07 Å². The van der Waals surface area contributed by atoms with E-state index >= 15 is 0 Å². The minimum atomic E-state index is -4.79. The largest absolute Gasteiger partial charge is 1.00 e. The molecule has 2 rings (SSSR count). The molecule has 28 heavy (non-hydrogen) atoms. The Hall–Kier alpha value is -0.590. The van der Waals surface area contributed by atoms with Crippen LogP contribution in [0.4, 0.5) is 0 Å². The normalized spacial score (nSPS) is 11.4. The van der Waals surface area contributed by atoms with Crippen LogP contribution in [0.3, 0.4) is 0 Å². The molecule has 150 valence electrons. The van der Waals surface area contributed by atoms with Gasteiger partial charge in [-0.25, -0.2) is 8.42 Å². The fraction of sp³-hybridized carbons (Fsp3) is 0.545. The zero-order valence-electron chi connectivity index (χ0n) is 17.3. The van der Waals surface area contributed by atoms with E-state index in [0.717, 1.165) is 23.8 Å². The van der Waals surface area contributed by atoms with Crippen molar-refractivity contribution >= 4 is 21.2 Å². The van der Waals surface area contributed by atoms with Crippen molar-refractivity contribution < 1.29 is 46.7 Å². The molecule has 0 radical (unpaired) electrons. The predicted octanol–water partition coefficient (Wildman–Crippen LogP) is 3.15. The van der Waals surface area contributed by atoms with Crippen molar-refractivity contribution in [1.82, 2.24) is 0 Å². The van der Waals surface area contributed by atoms with Gasteiger partial charge in [-0.1, -0.05) is 101 Å². The first kappa shape index (κ1) is 25.4. The third-order valence-electron chi connectivity index (χ3n) is 4.95. The maximum atomic E-state index is 11.2. The molecule has 0 heterocycles. The molecule has 0 saturated heterocycles. The zero-order valence-corrected chi connectivity index (χ0v) is 20.1. The van der Waals surface area contributed by atoms with Crippen molar-refractivity contribution in [3.05, 3.63) is 42.0 Å². The van der Waals surface area contributed by atoms with Crippen LogP contribution in [0.15, 0.2) is 36.4 Å². The Balaban J connectivity index is 0.00000392. The average molecular weight is 415 g/mol. The van der Waals surface area contributed by atoms with Gasteiger partial charge in [0, 0.05) is 5.39 Å². The van der Waals surface area contributed by atoms with Crippen LogP contribution >= 0.6 is 0 Å². The number of unbranched alkanes of at least 4 members (excludes halogenated alkanes) is 9. The zero-order chi connectivity index (χ0) is 19.5. The second kappa shape index (κ2) is 13.6. The van der Waals surface area contributed by atoms with Gasteiger partial charge in [0.25, 0.3) is 10.4 Å². The summed E-state index contributed by atoms with van der Waals surface area (Å²) in [6.07, 6.45) is 13.2. The molecule has 0 unspecified atom stereocenters. The first-order valence-electron chi connectivity index (χ1n) is 10.2. The summed E-state index contributed by atoms with van der Waals surface area (Å²) in [6.45, 7) is 2.23. The van der Waals surface area contributed by atoms with Gasteiger partial charge in [-0.05, 0) is 23.8 Å². The van der Waals surface area contributed by atoms with Gasteiger partial charge in [-0.15, -0.1) is 0 Å². The van der Waals surface area contributed by atoms with Gasteiger partial charge in [-0.2, -0.15) is 0 Å². The molecule has 2 aromatic rings. The first-order chi connectivity index (χ1) is 13.0. The van der Waals surface area contributed by atoms with Gasteiger partial charge in [0.2, 0.25) is 0 Å². The summed E-state index contributed by atoms with van der Waals surface area (Å²) in [7, 11) is -4.79. The molecule has 0 saturated carbocycles. The number of benzene rings is 2. The van der Waals surface area contributed by atoms with Gasteiger partial charge in [0.1, 0.15) is 0 Å². The molecular weight excluding hydrogens is 383 g/mol.